The summed E-state index contributed by atoms with van der Waals surface area (Å²) < 4.78 is 33.7. The van der Waals surface area contributed by atoms with Gasteiger partial charge in [0.05, 0.1) is 48.3 Å². The lowest BCUT2D eigenvalue weighted by Crippen LogP contribution is -2.33. The summed E-state index contributed by atoms with van der Waals surface area (Å²) in [6.45, 7) is 13.9. The van der Waals surface area contributed by atoms with Gasteiger partial charge in [0.2, 0.25) is 0 Å². The molecule has 0 spiro atoms. The molecule has 1 aliphatic rings. The molecule has 8 nitrogen and oxygen atoms in total. The van der Waals surface area contributed by atoms with Crippen molar-refractivity contribution in [3.8, 4) is 22.7 Å². The SMILES string of the molecule is CCOc1ccc(-c2nn(-c3ccccc3)cc2C2C(C(=O)OCC(C)C)=C(C)NC(C)=C2C(=O)OCC(C)C)cc1F. The Hall–Kier alpha value is -4.40. The van der Waals surface area contributed by atoms with Crippen LogP contribution in [0.1, 0.15) is 59.9 Å². The zero-order valence-electron chi connectivity index (χ0n) is 25.9. The number of halogens is 1. The lowest BCUT2D eigenvalue weighted by Gasteiger charge is -2.30. The standard InChI is InChI=1S/C34H40FN3O5/c1-8-41-28-15-14-24(16-27(28)35)32-26(17-38(37-32)25-12-10-9-11-13-25)31-29(33(39)42-18-20(2)3)22(6)36-23(7)30(31)34(40)43-19-21(4)5/h9-17,20-21,31,36H,8,18-19H2,1-7H3. The van der Waals surface area contributed by atoms with E-state index in [9.17, 15) is 9.59 Å². The first-order valence-electron chi connectivity index (χ1n) is 14.6. The van der Waals surface area contributed by atoms with Crippen LogP contribution in [0.4, 0.5) is 4.39 Å². The summed E-state index contributed by atoms with van der Waals surface area (Å²) in [4.78, 5) is 27.5. The summed E-state index contributed by atoms with van der Waals surface area (Å²) in [6.07, 6.45) is 1.78. The van der Waals surface area contributed by atoms with E-state index in [-0.39, 0.29) is 41.9 Å². The molecule has 0 unspecified atom stereocenters. The Balaban J connectivity index is 1.97. The lowest BCUT2D eigenvalue weighted by molar-refractivity contribution is -0.141. The lowest BCUT2D eigenvalue weighted by atomic mass is 9.79. The van der Waals surface area contributed by atoms with Crippen molar-refractivity contribution in [2.24, 2.45) is 11.8 Å². The molecule has 9 heteroatoms. The fourth-order valence-corrected chi connectivity index (χ4v) is 4.94. The number of para-hydroxylation sites is 1. The Morgan fingerprint density at radius 3 is 2.02 bits per heavy atom. The van der Waals surface area contributed by atoms with E-state index in [1.54, 1.807) is 43.8 Å². The van der Waals surface area contributed by atoms with Crippen LogP contribution < -0.4 is 10.1 Å². The third kappa shape index (κ3) is 7.16. The molecule has 1 N–H and O–H groups in total. The van der Waals surface area contributed by atoms with E-state index in [2.05, 4.69) is 5.32 Å². The maximum absolute atomic E-state index is 15.2. The van der Waals surface area contributed by atoms with Crippen molar-refractivity contribution < 1.29 is 28.2 Å². The van der Waals surface area contributed by atoms with Crippen molar-refractivity contribution in [2.45, 2.75) is 54.4 Å². The number of hydrogen-bond donors (Lipinski definition) is 1. The Bertz CT molecular complexity index is 1490. The minimum atomic E-state index is -0.900. The minimum absolute atomic E-state index is 0.107. The number of dihydropyridines is 1. The molecule has 0 amide bonds. The first-order valence-corrected chi connectivity index (χ1v) is 14.6. The number of ether oxygens (including phenoxy) is 3. The van der Waals surface area contributed by atoms with E-state index in [4.69, 9.17) is 19.3 Å². The van der Waals surface area contributed by atoms with Gasteiger partial charge in [-0.25, -0.2) is 18.7 Å². The summed E-state index contributed by atoms with van der Waals surface area (Å²) in [6, 6.07) is 14.1. The van der Waals surface area contributed by atoms with Crippen molar-refractivity contribution in [1.29, 1.82) is 0 Å². The Labute approximate surface area is 252 Å². The summed E-state index contributed by atoms with van der Waals surface area (Å²) >= 11 is 0. The molecular formula is C34H40FN3O5. The van der Waals surface area contributed by atoms with Crippen LogP contribution in [0, 0.1) is 17.7 Å². The highest BCUT2D eigenvalue weighted by atomic mass is 19.1. The fourth-order valence-electron chi connectivity index (χ4n) is 4.94. The van der Waals surface area contributed by atoms with Gasteiger partial charge in [0.1, 0.15) is 0 Å². The number of nitrogens with zero attached hydrogens (tertiary/aromatic N) is 2. The van der Waals surface area contributed by atoms with E-state index in [1.807, 2.05) is 58.0 Å². The van der Waals surface area contributed by atoms with Gasteiger partial charge in [0, 0.05) is 28.7 Å². The quantitative estimate of drug-likeness (QED) is 0.249. The van der Waals surface area contributed by atoms with Crippen molar-refractivity contribution in [2.75, 3.05) is 19.8 Å². The number of esters is 2. The number of hydrogen-bond acceptors (Lipinski definition) is 7. The van der Waals surface area contributed by atoms with E-state index in [0.717, 1.165) is 5.69 Å². The van der Waals surface area contributed by atoms with Gasteiger partial charge in [0.25, 0.3) is 0 Å². The van der Waals surface area contributed by atoms with Crippen LogP contribution in [0.3, 0.4) is 0 Å². The molecule has 3 aromatic rings. The van der Waals surface area contributed by atoms with Gasteiger partial charge in [-0.2, -0.15) is 5.10 Å². The summed E-state index contributed by atoms with van der Waals surface area (Å²) in [5, 5.41) is 8.07. The molecule has 0 bridgehead atoms. The van der Waals surface area contributed by atoms with Crippen LogP contribution in [0.5, 0.6) is 5.75 Å². The molecule has 0 saturated heterocycles. The highest BCUT2D eigenvalue weighted by Crippen LogP contribution is 2.43. The molecule has 0 saturated carbocycles. The van der Waals surface area contributed by atoms with E-state index >= 15 is 4.39 Å². The Morgan fingerprint density at radius 2 is 1.51 bits per heavy atom. The van der Waals surface area contributed by atoms with Crippen LogP contribution >= 0.6 is 0 Å². The van der Waals surface area contributed by atoms with Gasteiger partial charge in [-0.15, -0.1) is 0 Å². The zero-order valence-corrected chi connectivity index (χ0v) is 25.9. The van der Waals surface area contributed by atoms with E-state index in [0.29, 0.717) is 34.8 Å². The molecule has 4 rings (SSSR count). The van der Waals surface area contributed by atoms with E-state index in [1.165, 1.54) is 6.07 Å². The van der Waals surface area contributed by atoms with Crippen molar-refractivity contribution in [3.63, 3.8) is 0 Å². The zero-order chi connectivity index (χ0) is 31.3. The maximum Gasteiger partial charge on any atom is 0.336 e. The topological polar surface area (TPSA) is 91.7 Å². The van der Waals surface area contributed by atoms with Crippen molar-refractivity contribution in [1.82, 2.24) is 15.1 Å². The van der Waals surface area contributed by atoms with Gasteiger partial charge < -0.3 is 19.5 Å². The average Bonchev–Trinajstić information content (AvgIpc) is 3.41. The summed E-state index contributed by atoms with van der Waals surface area (Å²) in [5.41, 5.74) is 3.78. The first kappa shape index (κ1) is 31.5. The molecule has 1 aliphatic heterocycles. The second kappa shape index (κ2) is 13.7. The number of allylic oxidation sites excluding steroid dienone is 2. The van der Waals surface area contributed by atoms with Crippen LogP contribution in [-0.4, -0.2) is 41.5 Å². The van der Waals surface area contributed by atoms with Gasteiger partial charge in [-0.1, -0.05) is 45.9 Å². The largest absolute Gasteiger partial charge is 0.491 e. The maximum atomic E-state index is 15.2. The monoisotopic (exact) mass is 589 g/mol. The van der Waals surface area contributed by atoms with Crippen LogP contribution in [0.25, 0.3) is 16.9 Å². The predicted molar refractivity (Wildman–Crippen MR) is 163 cm³/mol. The molecular weight excluding hydrogens is 549 g/mol. The molecule has 1 aromatic heterocycles. The van der Waals surface area contributed by atoms with Gasteiger partial charge in [-0.05, 0) is 62.9 Å². The summed E-state index contributed by atoms with van der Waals surface area (Å²) in [7, 11) is 0. The molecule has 228 valence electrons. The number of carbonyl (C=O) groups excluding carboxylic acids is 2. The first-order chi connectivity index (χ1) is 20.5. The minimum Gasteiger partial charge on any atom is -0.491 e. The fraction of sp³-hybridized carbons (Fsp3) is 0.382. The number of carbonyl (C=O) groups is 2. The third-order valence-electron chi connectivity index (χ3n) is 6.88. The van der Waals surface area contributed by atoms with Gasteiger partial charge >= 0.3 is 11.9 Å². The van der Waals surface area contributed by atoms with Gasteiger partial charge in [-0.3, -0.25) is 0 Å². The van der Waals surface area contributed by atoms with Crippen molar-refractivity contribution in [3.05, 3.63) is 88.6 Å². The second-order valence-corrected chi connectivity index (χ2v) is 11.4. The molecule has 2 heterocycles. The summed E-state index contributed by atoms with van der Waals surface area (Å²) in [5.74, 6) is -2.21. The van der Waals surface area contributed by atoms with Gasteiger partial charge in [0.15, 0.2) is 11.6 Å². The number of nitrogens with one attached hydrogen (secondary N) is 1. The van der Waals surface area contributed by atoms with Crippen LogP contribution in [0.15, 0.2) is 77.3 Å². The molecule has 0 atom stereocenters. The molecule has 0 radical (unpaired) electrons. The van der Waals surface area contributed by atoms with Crippen LogP contribution in [0.2, 0.25) is 0 Å². The smallest absolute Gasteiger partial charge is 0.336 e. The highest BCUT2D eigenvalue weighted by molar-refractivity contribution is 6.00. The van der Waals surface area contributed by atoms with E-state index < -0.39 is 23.7 Å². The molecule has 43 heavy (non-hydrogen) atoms. The normalized spacial score (nSPS) is 13.9. The molecule has 0 aliphatic carbocycles. The van der Waals surface area contributed by atoms with Crippen molar-refractivity contribution >= 4 is 11.9 Å². The highest BCUT2D eigenvalue weighted by Gasteiger charge is 2.40. The number of rotatable bonds is 11. The number of aromatic nitrogens is 2. The van der Waals surface area contributed by atoms with Crippen LogP contribution in [-0.2, 0) is 19.1 Å². The number of benzene rings is 2. The molecule has 2 aromatic carbocycles. The second-order valence-electron chi connectivity index (χ2n) is 11.4. The Morgan fingerprint density at radius 1 is 0.930 bits per heavy atom. The average molecular weight is 590 g/mol. The third-order valence-corrected chi connectivity index (χ3v) is 6.88. The predicted octanol–water partition coefficient (Wildman–Crippen LogP) is 6.71. The molecule has 0 fully saturated rings. The Kier molecular flexibility index (Phi) is 10.1.